The van der Waals surface area contributed by atoms with E-state index in [0.29, 0.717) is 78.2 Å². The predicted molar refractivity (Wildman–Crippen MR) is 383 cm³/mol. The minimum atomic E-state index is -1.19. The molecule has 0 aliphatic carbocycles. The van der Waals surface area contributed by atoms with Crippen LogP contribution in [0, 0.1) is 77.7 Å². The van der Waals surface area contributed by atoms with Gasteiger partial charge in [0.15, 0.2) is 12.6 Å². The normalized spacial score (nSPS) is 10.0. The quantitative estimate of drug-likeness (QED) is 0.0126. The number of hydrogen-bond donors (Lipinski definition) is 5. The number of rotatable bonds is 19. The van der Waals surface area contributed by atoms with Crippen LogP contribution in [0.4, 0.5) is 0 Å². The van der Waals surface area contributed by atoms with Gasteiger partial charge >= 0.3 is 29.8 Å². The summed E-state index contributed by atoms with van der Waals surface area (Å²) in [5.41, 5.74) is 5.46. The number of ether oxygens (including phenoxy) is 7. The van der Waals surface area contributed by atoms with Gasteiger partial charge < -0.3 is 63.1 Å². The van der Waals surface area contributed by atoms with Crippen LogP contribution >= 0.6 is 23.2 Å². The highest BCUT2D eigenvalue weighted by atomic mass is 35.5. The molecule has 554 valence electrons. The molecule has 0 amide bonds. The summed E-state index contributed by atoms with van der Waals surface area (Å²) < 4.78 is 35.5. The average molecular weight is 1460 g/mol. The summed E-state index contributed by atoms with van der Waals surface area (Å²) in [6, 6.07) is 13.7. The fourth-order valence-electron chi connectivity index (χ4n) is 7.47. The second-order valence-electron chi connectivity index (χ2n) is 21.4. The maximum Gasteiger partial charge on any atom is 0.343 e. The lowest BCUT2D eigenvalue weighted by molar-refractivity contribution is -0.150. The number of aryl methyl sites for hydroxylation is 7. The number of Topliss-reactive ketones (excluding diaryl/α,β-unsaturated/α-hetero) is 2. The van der Waals surface area contributed by atoms with Crippen molar-refractivity contribution in [3.05, 3.63) is 210 Å². The van der Waals surface area contributed by atoms with Gasteiger partial charge in [-0.25, -0.2) is 44.0 Å². The number of hydrogen-bond acceptors (Lipinski definition) is 22. The first-order valence-corrected chi connectivity index (χ1v) is 32.1. The first-order valence-electron chi connectivity index (χ1n) is 31.3. The number of nitrogens with zero attached hydrogens (tertiary/aromatic N) is 6. The Balaban J connectivity index is -0.00000109. The van der Waals surface area contributed by atoms with Gasteiger partial charge in [-0.1, -0.05) is 35.7 Å². The number of ketones is 2. The zero-order valence-corrected chi connectivity index (χ0v) is 62.8. The van der Waals surface area contributed by atoms with Gasteiger partial charge in [0, 0.05) is 70.0 Å². The number of allylic oxidation sites excluding steroid dienone is 1. The van der Waals surface area contributed by atoms with Crippen molar-refractivity contribution in [3.63, 3.8) is 0 Å². The van der Waals surface area contributed by atoms with Crippen molar-refractivity contribution in [3.8, 4) is 12.1 Å². The number of pyridine rings is 6. The highest BCUT2D eigenvalue weighted by Gasteiger charge is 2.19. The molecule has 0 bridgehead atoms. The van der Waals surface area contributed by atoms with Gasteiger partial charge in [-0.05, 0) is 194 Å². The van der Waals surface area contributed by atoms with Crippen LogP contribution in [-0.2, 0) is 42.7 Å². The molecule has 0 unspecified atom stereocenters. The van der Waals surface area contributed by atoms with Gasteiger partial charge in [-0.2, -0.15) is 5.26 Å². The summed E-state index contributed by atoms with van der Waals surface area (Å²) >= 11 is 11.3. The molecule has 6 aromatic heterocycles. The standard InChI is InChI=1S/C11H16N2O2.C11H15NO2.C10H12ClNO2.C8H9NO3.C8H16O3.C7H6ClNO2.C7H6N2O.C7H7NO3.C3H6O/c1-5-14-11(15-6-2)7-9(3)10(8-12)13-4;1-7(2)14-11(13)10-8(3)5-6-12-9(10)4;1-6(2)14-10(13)8-7(3)4-5-12-9(8)11;1-5-3-4-9-7(10)6(5)8(11)12-2;1-4-10-8(11-5-2)6-7(3)9;1-4-2-3-9-6(8)5(4)7(10)11;1-5-2-3-9-7(10)6(5)4-8;1-4-2-3-8-6(9)5(4)7(10)11;1-3(2)4/h11H,5-7H2,1-3H3;5-7H,1-4H3;4-6H,1-3H3;3-4H,1-2H3,(H,9,10);8H,4-6H2,1-3H3;2-3H,1H3,(H,10,11);2-3H,1H3,(H,9,10);2-3H,1H3,(H,8,9)(H,10,11);1-2H3/b10-9+;;;;;;;;. The Labute approximate surface area is 604 Å². The van der Waals surface area contributed by atoms with E-state index in [1.807, 2.05) is 73.6 Å². The van der Waals surface area contributed by atoms with Crippen LogP contribution in [-0.4, -0.2) is 140 Å². The van der Waals surface area contributed by atoms with Crippen LogP contribution in [0.1, 0.15) is 192 Å². The molecule has 6 aromatic rings. The van der Waals surface area contributed by atoms with E-state index < -0.39 is 35.0 Å². The van der Waals surface area contributed by atoms with Crippen molar-refractivity contribution in [1.82, 2.24) is 29.9 Å². The fourth-order valence-corrected chi connectivity index (χ4v) is 8.03. The van der Waals surface area contributed by atoms with E-state index >= 15 is 0 Å². The number of aromatic amines is 3. The molecule has 0 atom stereocenters. The topological polar surface area (TPSA) is 414 Å². The summed E-state index contributed by atoms with van der Waals surface area (Å²) in [4.78, 5) is 130. The molecular weight excluding hydrogens is 1370 g/mol. The van der Waals surface area contributed by atoms with E-state index in [9.17, 15) is 47.9 Å². The number of methoxy groups -OCH3 is 1. The van der Waals surface area contributed by atoms with Crippen molar-refractivity contribution < 1.29 is 76.9 Å². The van der Waals surface area contributed by atoms with Crippen molar-refractivity contribution in [2.75, 3.05) is 33.5 Å². The van der Waals surface area contributed by atoms with Gasteiger partial charge in [0.2, 0.25) is 0 Å². The van der Waals surface area contributed by atoms with Crippen LogP contribution in [0.5, 0.6) is 0 Å². The lowest BCUT2D eigenvalue weighted by Gasteiger charge is -2.17. The molecule has 6 rings (SSSR count). The van der Waals surface area contributed by atoms with E-state index in [0.717, 1.165) is 16.8 Å². The molecule has 5 N–H and O–H groups in total. The van der Waals surface area contributed by atoms with E-state index in [2.05, 4.69) is 39.5 Å². The van der Waals surface area contributed by atoms with E-state index in [-0.39, 0.29) is 86.1 Å². The lowest BCUT2D eigenvalue weighted by atomic mass is 10.1. The van der Waals surface area contributed by atoms with Gasteiger partial charge in [0.05, 0.1) is 60.8 Å². The highest BCUT2D eigenvalue weighted by molar-refractivity contribution is 6.33. The van der Waals surface area contributed by atoms with Crippen LogP contribution in [0.3, 0.4) is 0 Å². The van der Waals surface area contributed by atoms with Crippen molar-refractivity contribution >= 4 is 64.6 Å². The smallest absolute Gasteiger partial charge is 0.343 e. The summed E-state index contributed by atoms with van der Waals surface area (Å²) in [5, 5.41) is 34.5. The maximum atomic E-state index is 11.6. The number of carboxylic acids is 2. The predicted octanol–water partition coefficient (Wildman–Crippen LogP) is 12.5. The number of nitriles is 2. The highest BCUT2D eigenvalue weighted by Crippen LogP contribution is 2.20. The molecule has 0 aromatic carbocycles. The van der Waals surface area contributed by atoms with Gasteiger partial charge in [-0.15, -0.1) is 0 Å². The number of nitrogens with one attached hydrogen (secondary N) is 3. The maximum absolute atomic E-state index is 11.6. The molecule has 0 spiro atoms. The number of carboxylic acid groups (broad SMARTS) is 2. The number of esters is 3. The number of H-pyrrole nitrogens is 3. The molecule has 0 aliphatic rings. The molecule has 0 radical (unpaired) electrons. The molecule has 102 heavy (non-hydrogen) atoms. The van der Waals surface area contributed by atoms with E-state index in [4.69, 9.17) is 78.9 Å². The monoisotopic (exact) mass is 1460 g/mol. The van der Waals surface area contributed by atoms with Crippen LogP contribution < -0.4 is 16.7 Å². The Hall–Kier alpha value is -10.4. The number of halogens is 2. The lowest BCUT2D eigenvalue weighted by Crippen LogP contribution is -2.20. The van der Waals surface area contributed by atoms with Crippen LogP contribution in [0.15, 0.2) is 99.2 Å². The molecule has 0 saturated carbocycles. The Morgan fingerprint density at radius 3 is 1.18 bits per heavy atom. The Kier molecular flexibility index (Phi) is 50.3. The summed E-state index contributed by atoms with van der Waals surface area (Å²) in [6.07, 6.45) is 9.03. The van der Waals surface area contributed by atoms with Crippen molar-refractivity contribution in [2.24, 2.45) is 0 Å². The number of aromatic nitrogens is 6. The van der Waals surface area contributed by atoms with Gasteiger partial charge in [0.25, 0.3) is 22.4 Å². The first kappa shape index (κ1) is 95.8. The number of carbonyl (C=O) groups is 7. The second kappa shape index (κ2) is 53.5. The third-order valence-electron chi connectivity index (χ3n) is 12.1. The van der Waals surface area contributed by atoms with Crippen LogP contribution in [0.2, 0.25) is 10.3 Å². The molecule has 28 nitrogen and oxygen atoms in total. The summed E-state index contributed by atoms with van der Waals surface area (Å²) in [5.74, 6) is -3.28. The van der Waals surface area contributed by atoms with Crippen molar-refractivity contribution in [2.45, 2.75) is 169 Å². The Morgan fingerprint density at radius 1 is 0.529 bits per heavy atom. The van der Waals surface area contributed by atoms with Crippen LogP contribution in [0.25, 0.3) is 4.85 Å². The van der Waals surface area contributed by atoms with Crippen molar-refractivity contribution in [1.29, 1.82) is 10.5 Å². The zero-order valence-electron chi connectivity index (χ0n) is 61.3. The largest absolute Gasteiger partial charge is 0.478 e. The van der Waals surface area contributed by atoms with Gasteiger partial charge in [0.1, 0.15) is 44.6 Å². The molecule has 0 saturated heterocycles. The number of aromatic carboxylic acids is 2. The molecule has 6 heterocycles. The van der Waals surface area contributed by atoms with Gasteiger partial charge in [-0.3, -0.25) is 24.2 Å². The molecule has 30 heteroatoms. The Bertz CT molecular complexity index is 3870. The third kappa shape index (κ3) is 39.4. The average Bonchev–Trinajstić information content (AvgIpc) is 0.881. The molecule has 0 aliphatic heterocycles. The minimum absolute atomic E-state index is 0.0394. The Morgan fingerprint density at radius 2 is 0.882 bits per heavy atom. The second-order valence-corrected chi connectivity index (χ2v) is 22.2. The first-order chi connectivity index (χ1) is 47.8. The number of carbonyl (C=O) groups excluding carboxylic acids is 5. The third-order valence-corrected chi connectivity index (χ3v) is 12.6. The molecular formula is C72H93Cl2N9O19. The van der Waals surface area contributed by atoms with E-state index in [1.165, 1.54) is 52.7 Å². The SMILES string of the molecule is CC(C)=O.CCOC(CC(C)=O)OCC.COC(=O)c1c(C)cc[nH]c1=O.Cc1cc[nH]c(=O)c1C#N.Cc1cc[nH]c(=O)c1C(=O)O.Cc1ccnc(C)c1C(=O)OC(C)C.Cc1ccnc(Cl)c1C(=O)O.Cc1ccnc(Cl)c1C(=O)OC(C)C.[C-]#[N+]/C(C#N)=C(\C)CC(OCC)OCC. The molecule has 0 fully saturated rings. The fraction of sp³-hybridized carbons (Fsp3) is 0.417. The summed E-state index contributed by atoms with van der Waals surface area (Å²) in [7, 11) is 1.24. The zero-order chi connectivity index (χ0) is 78.9. The summed E-state index contributed by atoms with van der Waals surface area (Å²) in [6.45, 7) is 42.3. The van der Waals surface area contributed by atoms with E-state index in [1.54, 1.807) is 98.1 Å². The minimum Gasteiger partial charge on any atom is -0.478 e.